The van der Waals surface area contributed by atoms with Gasteiger partial charge in [-0.1, -0.05) is 46.2 Å². The molecule has 0 atom stereocenters. The van der Waals surface area contributed by atoms with Crippen LogP contribution < -0.4 is 9.47 Å². The first kappa shape index (κ1) is 19.2. The van der Waals surface area contributed by atoms with Gasteiger partial charge in [0, 0.05) is 12.8 Å². The molecule has 1 aromatic carbocycles. The zero-order valence-corrected chi connectivity index (χ0v) is 14.7. The van der Waals surface area contributed by atoms with Gasteiger partial charge in [0.2, 0.25) is 0 Å². The maximum absolute atomic E-state index is 11.9. The highest BCUT2D eigenvalue weighted by molar-refractivity contribution is 5.76. The molecule has 0 radical (unpaired) electrons. The summed E-state index contributed by atoms with van der Waals surface area (Å²) in [5, 5.41) is 0. The van der Waals surface area contributed by atoms with E-state index in [1.807, 2.05) is 6.92 Å². The summed E-state index contributed by atoms with van der Waals surface area (Å²) in [6.07, 6.45) is 4.17. The minimum atomic E-state index is -0.303. The molecule has 23 heavy (non-hydrogen) atoms. The predicted molar refractivity (Wildman–Crippen MR) is 90.5 cm³/mol. The van der Waals surface area contributed by atoms with Crippen LogP contribution in [0.25, 0.3) is 0 Å². The summed E-state index contributed by atoms with van der Waals surface area (Å²) in [5.74, 6) is 0.00488. The van der Waals surface area contributed by atoms with Crippen LogP contribution in [0.1, 0.15) is 66.2 Å². The van der Waals surface area contributed by atoms with E-state index in [1.54, 1.807) is 24.3 Å². The molecular weight excluding hydrogens is 292 g/mol. The maximum Gasteiger partial charge on any atom is 0.311 e. The Morgan fingerprint density at radius 3 is 1.83 bits per heavy atom. The standard InChI is InChI=1S/C19H28O4/c1-5-6-12-17(20)22-15-10-7-8-11-16(15)23-18(21)13-9-14-19(2,3)4/h7-8,10-11H,5-6,9,12-14H2,1-4H3. The van der Waals surface area contributed by atoms with Crippen LogP contribution in [0, 0.1) is 5.41 Å². The Kier molecular flexibility index (Phi) is 7.79. The molecule has 0 unspecified atom stereocenters. The molecule has 128 valence electrons. The Balaban J connectivity index is 2.56. The van der Waals surface area contributed by atoms with E-state index in [9.17, 15) is 9.59 Å². The quantitative estimate of drug-likeness (QED) is 0.505. The van der Waals surface area contributed by atoms with Crippen LogP contribution in [0.4, 0.5) is 0 Å². The summed E-state index contributed by atoms with van der Waals surface area (Å²) in [6, 6.07) is 6.78. The molecule has 1 rings (SSSR count). The van der Waals surface area contributed by atoms with Crippen molar-refractivity contribution in [3.05, 3.63) is 24.3 Å². The highest BCUT2D eigenvalue weighted by atomic mass is 16.6. The van der Waals surface area contributed by atoms with Gasteiger partial charge in [0.15, 0.2) is 11.5 Å². The van der Waals surface area contributed by atoms with E-state index in [0.717, 1.165) is 25.7 Å². The van der Waals surface area contributed by atoms with Crippen LogP contribution in [0.15, 0.2) is 24.3 Å². The fourth-order valence-electron chi connectivity index (χ4n) is 2.05. The van der Waals surface area contributed by atoms with Gasteiger partial charge in [-0.25, -0.2) is 0 Å². The number of carbonyl (C=O) groups is 2. The van der Waals surface area contributed by atoms with Crippen molar-refractivity contribution >= 4 is 11.9 Å². The zero-order valence-electron chi connectivity index (χ0n) is 14.7. The van der Waals surface area contributed by atoms with Gasteiger partial charge in [0.25, 0.3) is 0 Å². The lowest BCUT2D eigenvalue weighted by Crippen LogP contribution is -2.13. The molecule has 0 heterocycles. The molecule has 1 aromatic rings. The third-order valence-corrected chi connectivity index (χ3v) is 3.34. The minimum absolute atomic E-state index is 0.201. The lowest BCUT2D eigenvalue weighted by Gasteiger charge is -2.17. The number of unbranched alkanes of at least 4 members (excludes halogenated alkanes) is 1. The number of para-hydroxylation sites is 2. The van der Waals surface area contributed by atoms with Crippen LogP contribution in [0.2, 0.25) is 0 Å². The second-order valence-electron chi connectivity index (χ2n) is 6.91. The van der Waals surface area contributed by atoms with Gasteiger partial charge < -0.3 is 9.47 Å². The van der Waals surface area contributed by atoms with Crippen molar-refractivity contribution in [3.8, 4) is 11.5 Å². The molecule has 0 fully saturated rings. The van der Waals surface area contributed by atoms with E-state index < -0.39 is 0 Å². The fourth-order valence-corrected chi connectivity index (χ4v) is 2.05. The number of hydrogen-bond donors (Lipinski definition) is 0. The second-order valence-corrected chi connectivity index (χ2v) is 6.91. The average Bonchev–Trinajstić information content (AvgIpc) is 2.46. The van der Waals surface area contributed by atoms with Gasteiger partial charge >= 0.3 is 11.9 Å². The van der Waals surface area contributed by atoms with E-state index in [4.69, 9.17) is 9.47 Å². The second kappa shape index (κ2) is 9.33. The molecule has 0 bridgehead atoms. The Morgan fingerprint density at radius 2 is 1.39 bits per heavy atom. The molecule has 0 N–H and O–H groups in total. The average molecular weight is 320 g/mol. The van der Waals surface area contributed by atoms with Crippen LogP contribution in [-0.2, 0) is 9.59 Å². The number of carbonyl (C=O) groups excluding carboxylic acids is 2. The Bertz CT molecular complexity index is 514. The third kappa shape index (κ3) is 8.38. The van der Waals surface area contributed by atoms with Gasteiger partial charge in [-0.15, -0.1) is 0 Å². The summed E-state index contributed by atoms with van der Waals surface area (Å²) in [4.78, 5) is 23.7. The maximum atomic E-state index is 11.9. The van der Waals surface area contributed by atoms with Crippen molar-refractivity contribution < 1.29 is 19.1 Å². The predicted octanol–water partition coefficient (Wildman–Crippen LogP) is 4.90. The normalized spacial score (nSPS) is 11.1. The molecule has 0 aliphatic rings. The molecule has 4 nitrogen and oxygen atoms in total. The monoisotopic (exact) mass is 320 g/mol. The van der Waals surface area contributed by atoms with Crippen LogP contribution in [0.3, 0.4) is 0 Å². The number of rotatable bonds is 8. The first-order chi connectivity index (χ1) is 10.8. The lowest BCUT2D eigenvalue weighted by atomic mass is 9.90. The number of ether oxygens (including phenoxy) is 2. The summed E-state index contributed by atoms with van der Waals surface area (Å²) < 4.78 is 10.6. The molecule has 0 spiro atoms. The van der Waals surface area contributed by atoms with Crippen molar-refractivity contribution in [1.29, 1.82) is 0 Å². The van der Waals surface area contributed by atoms with Gasteiger partial charge in [-0.3, -0.25) is 9.59 Å². The first-order valence-electron chi connectivity index (χ1n) is 8.32. The van der Waals surface area contributed by atoms with Crippen LogP contribution >= 0.6 is 0 Å². The Morgan fingerprint density at radius 1 is 0.913 bits per heavy atom. The summed E-state index contributed by atoms with van der Waals surface area (Å²) in [6.45, 7) is 8.44. The largest absolute Gasteiger partial charge is 0.423 e. The molecule has 0 saturated carbocycles. The summed E-state index contributed by atoms with van der Waals surface area (Å²) in [7, 11) is 0. The first-order valence-corrected chi connectivity index (χ1v) is 8.32. The zero-order chi connectivity index (χ0) is 17.3. The highest BCUT2D eigenvalue weighted by Gasteiger charge is 2.15. The number of hydrogen-bond acceptors (Lipinski definition) is 4. The van der Waals surface area contributed by atoms with Gasteiger partial charge in [-0.2, -0.15) is 0 Å². The number of esters is 2. The van der Waals surface area contributed by atoms with E-state index in [-0.39, 0.29) is 17.4 Å². The highest BCUT2D eigenvalue weighted by Crippen LogP contribution is 2.28. The molecule has 4 heteroatoms. The van der Waals surface area contributed by atoms with E-state index in [1.165, 1.54) is 0 Å². The summed E-state index contributed by atoms with van der Waals surface area (Å²) in [5.41, 5.74) is 0.201. The van der Waals surface area contributed by atoms with Gasteiger partial charge in [0.1, 0.15) is 0 Å². The van der Waals surface area contributed by atoms with Crippen molar-refractivity contribution in [3.63, 3.8) is 0 Å². The molecule has 0 aliphatic carbocycles. The van der Waals surface area contributed by atoms with Crippen molar-refractivity contribution in [2.45, 2.75) is 66.2 Å². The fraction of sp³-hybridized carbons (Fsp3) is 0.579. The Labute approximate surface area is 139 Å². The molecule has 0 aliphatic heterocycles. The SMILES string of the molecule is CCCCC(=O)Oc1ccccc1OC(=O)CCCC(C)(C)C. The minimum Gasteiger partial charge on any atom is -0.423 e. The van der Waals surface area contributed by atoms with Crippen molar-refractivity contribution in [2.24, 2.45) is 5.41 Å². The van der Waals surface area contributed by atoms with Crippen LogP contribution in [-0.4, -0.2) is 11.9 Å². The topological polar surface area (TPSA) is 52.6 Å². The van der Waals surface area contributed by atoms with E-state index >= 15 is 0 Å². The molecule has 0 amide bonds. The molecule has 0 saturated heterocycles. The van der Waals surface area contributed by atoms with E-state index in [2.05, 4.69) is 20.8 Å². The Hall–Kier alpha value is -1.84. The van der Waals surface area contributed by atoms with Gasteiger partial charge in [-0.05, 0) is 36.8 Å². The lowest BCUT2D eigenvalue weighted by molar-refractivity contribution is -0.137. The van der Waals surface area contributed by atoms with Gasteiger partial charge in [0.05, 0.1) is 0 Å². The summed E-state index contributed by atoms with van der Waals surface area (Å²) >= 11 is 0. The van der Waals surface area contributed by atoms with E-state index in [0.29, 0.717) is 24.3 Å². The molecule has 0 aromatic heterocycles. The third-order valence-electron chi connectivity index (χ3n) is 3.34. The van der Waals surface area contributed by atoms with Crippen LogP contribution in [0.5, 0.6) is 11.5 Å². The number of benzene rings is 1. The van der Waals surface area contributed by atoms with Crippen molar-refractivity contribution in [1.82, 2.24) is 0 Å². The molecular formula is C19H28O4. The smallest absolute Gasteiger partial charge is 0.311 e. The van der Waals surface area contributed by atoms with Crippen molar-refractivity contribution in [2.75, 3.05) is 0 Å².